The Bertz CT molecular complexity index is 533. The average molecular weight is 345 g/mol. The van der Waals surface area contributed by atoms with Crippen LogP contribution in [-0.4, -0.2) is 25.9 Å². The normalized spacial score (nSPS) is 14.5. The van der Waals surface area contributed by atoms with Gasteiger partial charge in [0.05, 0.1) is 5.25 Å². The first kappa shape index (κ1) is 17.6. The smallest absolute Gasteiger partial charge is 0.399 e. The van der Waals surface area contributed by atoms with Crippen LogP contribution >= 0.6 is 28.3 Å². The molecule has 114 valence electrons. The van der Waals surface area contributed by atoms with E-state index in [0.29, 0.717) is 11.3 Å². The van der Waals surface area contributed by atoms with E-state index in [9.17, 15) is 9.13 Å². The van der Waals surface area contributed by atoms with E-state index in [0.717, 1.165) is 0 Å². The van der Waals surface area contributed by atoms with Gasteiger partial charge in [0, 0.05) is 5.69 Å². The van der Waals surface area contributed by atoms with Crippen LogP contribution < -0.4 is 5.73 Å². The van der Waals surface area contributed by atoms with Crippen LogP contribution in [0.4, 0.5) is 5.69 Å². The second kappa shape index (κ2) is 6.57. The number of nitrogen functional groups attached to an aromatic ring is 1. The van der Waals surface area contributed by atoms with Crippen molar-refractivity contribution in [3.63, 3.8) is 0 Å². The van der Waals surface area contributed by atoms with Crippen LogP contribution in [0.1, 0.15) is 10.8 Å². The van der Waals surface area contributed by atoms with Gasteiger partial charge in [-0.25, -0.2) is 9.13 Å². The van der Waals surface area contributed by atoms with E-state index < -0.39 is 27.2 Å². The maximum absolute atomic E-state index is 10.8. The molecule has 0 spiro atoms. The lowest BCUT2D eigenvalue weighted by molar-refractivity contribution is -0.0336. The Morgan fingerprint density at radius 1 is 1.10 bits per heavy atom. The third-order valence-electron chi connectivity index (χ3n) is 1.99. The van der Waals surface area contributed by atoms with Crippen LogP contribution in [0.5, 0.6) is 0 Å². The fourth-order valence-corrected chi connectivity index (χ4v) is 2.72. The fraction of sp³-hybridized carbons (Fsp3) is 0.250. The summed E-state index contributed by atoms with van der Waals surface area (Å²) in [6.07, 6.45) is -1.97. The van der Waals surface area contributed by atoms with Gasteiger partial charge in [-0.1, -0.05) is 12.1 Å². The molecule has 9 nitrogen and oxygen atoms in total. The maximum Gasteiger partial charge on any atom is 0.471 e. The summed E-state index contributed by atoms with van der Waals surface area (Å²) in [7, 11) is -10.1. The van der Waals surface area contributed by atoms with Gasteiger partial charge in [0.25, 0.3) is 0 Å². The number of thiol groups is 1. The number of rotatable bonds is 6. The monoisotopic (exact) mass is 345 g/mol. The molecule has 0 saturated carbocycles. The van der Waals surface area contributed by atoms with Gasteiger partial charge in [-0.2, -0.15) is 12.6 Å². The summed E-state index contributed by atoms with van der Waals surface area (Å²) in [5.41, 5.74) is 6.16. The fourth-order valence-electron chi connectivity index (χ4n) is 1.31. The lowest BCUT2D eigenvalue weighted by Crippen LogP contribution is -2.20. The van der Waals surface area contributed by atoms with E-state index >= 15 is 0 Å². The lowest BCUT2D eigenvalue weighted by atomic mass is 10.1. The molecule has 6 N–H and O–H groups in total. The van der Waals surface area contributed by atoms with Crippen LogP contribution in [0, 0.1) is 0 Å². The van der Waals surface area contributed by atoms with Crippen molar-refractivity contribution in [1.29, 1.82) is 0 Å². The number of phosphoric acid groups is 2. The van der Waals surface area contributed by atoms with Crippen LogP contribution in [0.25, 0.3) is 0 Å². The van der Waals surface area contributed by atoms with Gasteiger partial charge >= 0.3 is 15.6 Å². The Morgan fingerprint density at radius 2 is 1.60 bits per heavy atom. The largest absolute Gasteiger partial charge is 0.471 e. The minimum Gasteiger partial charge on any atom is -0.399 e. The molecule has 0 radical (unpaired) electrons. The zero-order valence-electron chi connectivity index (χ0n) is 9.80. The van der Waals surface area contributed by atoms with Gasteiger partial charge in [0.15, 0.2) is 6.29 Å². The van der Waals surface area contributed by atoms with Crippen molar-refractivity contribution < 1.29 is 37.8 Å². The van der Waals surface area contributed by atoms with Crippen molar-refractivity contribution in [2.45, 2.75) is 11.5 Å². The average Bonchev–Trinajstić information content (AvgIpc) is 2.23. The highest BCUT2D eigenvalue weighted by atomic mass is 32.1. The first-order chi connectivity index (χ1) is 8.98. The predicted octanol–water partition coefficient (Wildman–Crippen LogP) is 0.784. The lowest BCUT2D eigenvalue weighted by Gasteiger charge is -2.24. The van der Waals surface area contributed by atoms with Gasteiger partial charge in [-0.15, -0.1) is 0 Å². The number of benzene rings is 1. The Labute approximate surface area is 119 Å². The van der Waals surface area contributed by atoms with Crippen molar-refractivity contribution in [2.24, 2.45) is 0 Å². The molecule has 12 heteroatoms. The highest BCUT2D eigenvalue weighted by molar-refractivity contribution is 7.80. The van der Waals surface area contributed by atoms with E-state index in [1.165, 1.54) is 18.2 Å². The Hall–Kier alpha value is -0.410. The molecule has 0 aliphatic carbocycles. The molecule has 1 atom stereocenters. The quantitative estimate of drug-likeness (QED) is 0.189. The molecule has 0 heterocycles. The highest BCUT2D eigenvalue weighted by Gasteiger charge is 2.34. The highest BCUT2D eigenvalue weighted by Crippen LogP contribution is 2.48. The van der Waals surface area contributed by atoms with Gasteiger partial charge in [-0.3, -0.25) is 9.05 Å². The summed E-state index contributed by atoms with van der Waals surface area (Å²) in [6.45, 7) is 0. The van der Waals surface area contributed by atoms with Crippen LogP contribution in [0.15, 0.2) is 24.3 Å². The van der Waals surface area contributed by atoms with Crippen molar-refractivity contribution in [2.75, 3.05) is 5.73 Å². The molecule has 0 aromatic heterocycles. The van der Waals surface area contributed by atoms with Crippen molar-refractivity contribution >= 4 is 34.0 Å². The van der Waals surface area contributed by atoms with Gasteiger partial charge in [-0.05, 0) is 17.7 Å². The van der Waals surface area contributed by atoms with Gasteiger partial charge in [0.1, 0.15) is 0 Å². The molecule has 0 aliphatic rings. The summed E-state index contributed by atoms with van der Waals surface area (Å²) in [5, 5.41) is -1.18. The van der Waals surface area contributed by atoms with Gasteiger partial charge < -0.3 is 25.3 Å². The van der Waals surface area contributed by atoms with E-state index in [1.807, 2.05) is 0 Å². The predicted molar refractivity (Wildman–Crippen MR) is 72.6 cm³/mol. The van der Waals surface area contributed by atoms with Crippen molar-refractivity contribution in [3.05, 3.63) is 29.8 Å². The first-order valence-electron chi connectivity index (χ1n) is 4.99. The number of hydrogen-bond acceptors (Lipinski definition) is 6. The molecule has 0 fully saturated rings. The minimum absolute atomic E-state index is 0.306. The number of hydrogen-bond donors (Lipinski definition) is 6. The Morgan fingerprint density at radius 3 is 2.00 bits per heavy atom. The molecular formula is C8H13NO8P2S. The third kappa shape index (κ3) is 6.36. The van der Waals surface area contributed by atoms with Gasteiger partial charge in [0.2, 0.25) is 0 Å². The molecule has 1 unspecified atom stereocenters. The molecule has 0 aliphatic heterocycles. The summed E-state index contributed by atoms with van der Waals surface area (Å²) in [6, 6.07) is 5.95. The Kier molecular flexibility index (Phi) is 5.79. The second-order valence-corrected chi connectivity index (χ2v) is 6.62. The second-order valence-electron chi connectivity index (χ2n) is 3.68. The number of nitrogens with two attached hydrogens (primary N) is 1. The summed E-state index contributed by atoms with van der Waals surface area (Å²) in [4.78, 5) is 34.9. The molecule has 1 aromatic rings. The van der Waals surface area contributed by atoms with Crippen LogP contribution in [-0.2, 0) is 18.2 Å². The zero-order chi connectivity index (χ0) is 15.6. The topological polar surface area (TPSA) is 160 Å². The van der Waals surface area contributed by atoms with Crippen LogP contribution in [0.2, 0.25) is 0 Å². The molecule has 0 bridgehead atoms. The number of anilines is 1. The van der Waals surface area contributed by atoms with E-state index in [2.05, 4.69) is 21.7 Å². The SMILES string of the molecule is Nc1cccc(C(S)C(OP(=O)(O)O)OP(=O)(O)O)c1. The van der Waals surface area contributed by atoms with Crippen molar-refractivity contribution in [1.82, 2.24) is 0 Å². The van der Waals surface area contributed by atoms with E-state index in [1.54, 1.807) is 6.07 Å². The molecule has 20 heavy (non-hydrogen) atoms. The minimum atomic E-state index is -5.04. The van der Waals surface area contributed by atoms with Crippen molar-refractivity contribution in [3.8, 4) is 0 Å². The molecule has 0 amide bonds. The van der Waals surface area contributed by atoms with Crippen LogP contribution in [0.3, 0.4) is 0 Å². The molecular weight excluding hydrogens is 332 g/mol. The molecule has 1 aromatic carbocycles. The summed E-state index contributed by atoms with van der Waals surface area (Å²) in [5.74, 6) is 0. The Balaban J connectivity index is 3.03. The summed E-state index contributed by atoms with van der Waals surface area (Å²) >= 11 is 3.99. The van der Waals surface area contributed by atoms with E-state index in [-0.39, 0.29) is 0 Å². The van der Waals surface area contributed by atoms with E-state index in [4.69, 9.17) is 25.3 Å². The summed E-state index contributed by atoms with van der Waals surface area (Å²) < 4.78 is 30.0. The zero-order valence-corrected chi connectivity index (χ0v) is 12.5. The standard InChI is InChI=1S/C8H13NO8P2S/c9-6-3-1-2-5(4-6)7(20)8(16-18(10,11)12)17-19(13,14)15/h1-4,7-8,20H,9H2,(H2,10,11,12)(H2,13,14,15). The molecule has 1 rings (SSSR count). The number of phosphoric ester groups is 2. The third-order valence-corrected chi connectivity index (χ3v) is 3.50. The maximum atomic E-state index is 10.8. The first-order valence-corrected chi connectivity index (χ1v) is 8.57. The molecule has 0 saturated heterocycles.